The Morgan fingerprint density at radius 2 is 2.17 bits per heavy atom. The Hall–Kier alpha value is -1.35. The van der Waals surface area contributed by atoms with Crippen LogP contribution in [0.4, 0.5) is 0 Å². The molecule has 1 aromatic carbocycles. The van der Waals surface area contributed by atoms with Crippen molar-refractivity contribution in [2.75, 3.05) is 0 Å². The lowest BCUT2D eigenvalue weighted by atomic mass is 10.1. The number of benzene rings is 1. The van der Waals surface area contributed by atoms with Gasteiger partial charge >= 0.3 is 0 Å². The minimum absolute atomic E-state index is 0.575. The summed E-state index contributed by atoms with van der Waals surface area (Å²) < 4.78 is 5.00. The molecule has 1 heterocycles. The van der Waals surface area contributed by atoms with E-state index < -0.39 is 6.10 Å². The number of rotatable bonds is 1. The zero-order valence-electron chi connectivity index (χ0n) is 6.69. The number of nitrogens with zero attached hydrogens (tertiary/aromatic N) is 1. The quantitative estimate of drug-likeness (QED) is 0.698. The van der Waals surface area contributed by atoms with E-state index in [-0.39, 0.29) is 0 Å². The van der Waals surface area contributed by atoms with Crippen LogP contribution in [0.2, 0.25) is 0 Å². The average Bonchev–Trinajstić information content (AvgIpc) is 2.47. The van der Waals surface area contributed by atoms with Gasteiger partial charge in [0.1, 0.15) is 5.69 Å². The molecule has 0 radical (unpaired) electrons. The maximum atomic E-state index is 9.29. The zero-order chi connectivity index (χ0) is 8.55. The predicted molar refractivity (Wildman–Crippen MR) is 44.6 cm³/mol. The molecule has 0 spiro atoms. The van der Waals surface area contributed by atoms with E-state index in [1.807, 2.05) is 24.3 Å². The summed E-state index contributed by atoms with van der Waals surface area (Å²) in [5, 5.41) is 13.9. The van der Waals surface area contributed by atoms with Crippen molar-refractivity contribution in [3.05, 3.63) is 30.0 Å². The van der Waals surface area contributed by atoms with Crippen LogP contribution in [-0.2, 0) is 0 Å². The summed E-state index contributed by atoms with van der Waals surface area (Å²) in [6.45, 7) is 1.67. The number of hydrogen-bond acceptors (Lipinski definition) is 3. The average molecular weight is 163 g/mol. The molecule has 2 aromatic rings. The van der Waals surface area contributed by atoms with E-state index in [1.165, 1.54) is 0 Å². The van der Waals surface area contributed by atoms with Crippen molar-refractivity contribution in [2.24, 2.45) is 0 Å². The van der Waals surface area contributed by atoms with Crippen LogP contribution in [0.15, 0.2) is 28.8 Å². The molecule has 1 aromatic heterocycles. The van der Waals surface area contributed by atoms with Crippen LogP contribution in [0.5, 0.6) is 0 Å². The molecule has 3 nitrogen and oxygen atoms in total. The van der Waals surface area contributed by atoms with Crippen LogP contribution in [-0.4, -0.2) is 10.3 Å². The summed E-state index contributed by atoms with van der Waals surface area (Å²) >= 11 is 0. The van der Waals surface area contributed by atoms with Gasteiger partial charge in [0.05, 0.1) is 6.10 Å². The van der Waals surface area contributed by atoms with Gasteiger partial charge in [0, 0.05) is 5.39 Å². The molecule has 0 saturated carbocycles. The van der Waals surface area contributed by atoms with Gasteiger partial charge in [-0.2, -0.15) is 0 Å². The fourth-order valence-electron chi connectivity index (χ4n) is 1.21. The van der Waals surface area contributed by atoms with E-state index in [2.05, 4.69) is 5.16 Å². The second-order valence-corrected chi connectivity index (χ2v) is 2.74. The van der Waals surface area contributed by atoms with Crippen LogP contribution in [0.3, 0.4) is 0 Å². The molecule has 0 aliphatic rings. The van der Waals surface area contributed by atoms with Gasteiger partial charge < -0.3 is 9.63 Å². The SMILES string of the molecule is CC(O)c1noc2ccccc12. The normalized spacial score (nSPS) is 13.5. The molecule has 0 saturated heterocycles. The predicted octanol–water partition coefficient (Wildman–Crippen LogP) is 1.88. The molecule has 62 valence electrons. The highest BCUT2D eigenvalue weighted by Crippen LogP contribution is 2.22. The monoisotopic (exact) mass is 163 g/mol. The number of fused-ring (bicyclic) bond motifs is 1. The molecule has 12 heavy (non-hydrogen) atoms. The van der Waals surface area contributed by atoms with Crippen molar-refractivity contribution in [3.63, 3.8) is 0 Å². The summed E-state index contributed by atoms with van der Waals surface area (Å²) in [6, 6.07) is 7.48. The smallest absolute Gasteiger partial charge is 0.167 e. The standard InChI is InChI=1S/C9H9NO2/c1-6(11)9-7-4-2-3-5-8(7)12-10-9/h2-6,11H,1H3. The molecule has 0 bridgehead atoms. The molecular weight excluding hydrogens is 154 g/mol. The molecule has 1 N–H and O–H groups in total. The molecule has 1 atom stereocenters. The number of hydrogen-bond donors (Lipinski definition) is 1. The van der Waals surface area contributed by atoms with Gasteiger partial charge in [-0.15, -0.1) is 0 Å². The molecular formula is C9H9NO2. The summed E-state index contributed by atoms with van der Waals surface area (Å²) in [5.41, 5.74) is 1.32. The molecule has 1 unspecified atom stereocenters. The van der Waals surface area contributed by atoms with Gasteiger partial charge in [0.25, 0.3) is 0 Å². The van der Waals surface area contributed by atoms with Crippen molar-refractivity contribution >= 4 is 11.0 Å². The largest absolute Gasteiger partial charge is 0.387 e. The lowest BCUT2D eigenvalue weighted by Crippen LogP contribution is -1.90. The molecule has 0 amide bonds. The molecule has 0 aliphatic heterocycles. The number of aliphatic hydroxyl groups is 1. The highest BCUT2D eigenvalue weighted by molar-refractivity contribution is 5.79. The number of para-hydroxylation sites is 1. The third-order valence-corrected chi connectivity index (χ3v) is 1.80. The third-order valence-electron chi connectivity index (χ3n) is 1.80. The van der Waals surface area contributed by atoms with Crippen molar-refractivity contribution in [1.82, 2.24) is 5.16 Å². The van der Waals surface area contributed by atoms with Gasteiger partial charge in [0.2, 0.25) is 0 Å². The van der Waals surface area contributed by atoms with E-state index in [0.717, 1.165) is 5.39 Å². The maximum absolute atomic E-state index is 9.29. The Labute approximate surface area is 69.6 Å². The highest BCUT2D eigenvalue weighted by atomic mass is 16.5. The fraction of sp³-hybridized carbons (Fsp3) is 0.222. The van der Waals surface area contributed by atoms with Gasteiger partial charge in [-0.05, 0) is 19.1 Å². The Morgan fingerprint density at radius 1 is 1.42 bits per heavy atom. The van der Waals surface area contributed by atoms with Gasteiger partial charge in [-0.3, -0.25) is 0 Å². The van der Waals surface area contributed by atoms with E-state index in [1.54, 1.807) is 6.92 Å². The summed E-state index contributed by atoms with van der Waals surface area (Å²) in [4.78, 5) is 0. The first kappa shape index (κ1) is 7.31. The van der Waals surface area contributed by atoms with Gasteiger partial charge in [0.15, 0.2) is 5.58 Å². The molecule has 3 heteroatoms. The van der Waals surface area contributed by atoms with Crippen molar-refractivity contribution < 1.29 is 9.63 Å². The van der Waals surface area contributed by atoms with Crippen LogP contribution in [0, 0.1) is 0 Å². The van der Waals surface area contributed by atoms with Crippen LogP contribution < -0.4 is 0 Å². The Morgan fingerprint density at radius 3 is 2.92 bits per heavy atom. The lowest BCUT2D eigenvalue weighted by Gasteiger charge is -1.96. The van der Waals surface area contributed by atoms with Crippen LogP contribution in [0.25, 0.3) is 11.0 Å². The number of aromatic nitrogens is 1. The Balaban J connectivity index is 2.70. The summed E-state index contributed by atoms with van der Waals surface area (Å²) in [5.74, 6) is 0. The van der Waals surface area contributed by atoms with Crippen LogP contribution >= 0.6 is 0 Å². The van der Waals surface area contributed by atoms with E-state index in [0.29, 0.717) is 11.3 Å². The maximum Gasteiger partial charge on any atom is 0.167 e. The molecule has 0 fully saturated rings. The minimum atomic E-state index is -0.575. The summed E-state index contributed by atoms with van der Waals surface area (Å²) in [6.07, 6.45) is -0.575. The van der Waals surface area contributed by atoms with Crippen molar-refractivity contribution in [1.29, 1.82) is 0 Å². The van der Waals surface area contributed by atoms with Gasteiger partial charge in [-0.25, -0.2) is 0 Å². The zero-order valence-corrected chi connectivity index (χ0v) is 6.69. The van der Waals surface area contributed by atoms with E-state index >= 15 is 0 Å². The highest BCUT2D eigenvalue weighted by Gasteiger charge is 2.10. The molecule has 2 rings (SSSR count). The van der Waals surface area contributed by atoms with Crippen molar-refractivity contribution in [2.45, 2.75) is 13.0 Å². The van der Waals surface area contributed by atoms with E-state index in [9.17, 15) is 5.11 Å². The molecule has 0 aliphatic carbocycles. The Kier molecular flexibility index (Phi) is 1.59. The van der Waals surface area contributed by atoms with E-state index in [4.69, 9.17) is 4.52 Å². The summed E-state index contributed by atoms with van der Waals surface area (Å²) in [7, 11) is 0. The fourth-order valence-corrected chi connectivity index (χ4v) is 1.21. The van der Waals surface area contributed by atoms with Gasteiger partial charge in [-0.1, -0.05) is 17.3 Å². The Bertz CT molecular complexity index is 392. The van der Waals surface area contributed by atoms with Crippen molar-refractivity contribution in [3.8, 4) is 0 Å². The first-order valence-corrected chi connectivity index (χ1v) is 3.81. The third kappa shape index (κ3) is 0.987. The lowest BCUT2D eigenvalue weighted by molar-refractivity contribution is 0.189. The number of aliphatic hydroxyl groups excluding tert-OH is 1. The minimum Gasteiger partial charge on any atom is -0.387 e. The van der Waals surface area contributed by atoms with Crippen LogP contribution in [0.1, 0.15) is 18.7 Å². The second-order valence-electron chi connectivity index (χ2n) is 2.74. The topological polar surface area (TPSA) is 46.3 Å². The second kappa shape index (κ2) is 2.60. The first-order chi connectivity index (χ1) is 5.79. The first-order valence-electron chi connectivity index (χ1n) is 3.81.